The number of unbranched alkanes of at least 4 members (excludes halogenated alkanes) is 1. The van der Waals surface area contributed by atoms with Gasteiger partial charge in [0, 0.05) is 6.04 Å². The van der Waals surface area contributed by atoms with Crippen LogP contribution in [0.4, 0.5) is 4.79 Å². The third-order valence-corrected chi connectivity index (χ3v) is 4.94. The van der Waals surface area contributed by atoms with Gasteiger partial charge >= 0.3 is 6.03 Å². The summed E-state index contributed by atoms with van der Waals surface area (Å²) in [6.07, 6.45) is 4.16. The number of hydrogen-bond donors (Lipinski definition) is 2. The number of rotatable bonds is 9. The minimum Gasteiger partial charge on any atom is -0.335 e. The van der Waals surface area contributed by atoms with Gasteiger partial charge in [0.2, 0.25) is 11.1 Å². The Morgan fingerprint density at radius 3 is 2.63 bits per heavy atom. The van der Waals surface area contributed by atoms with E-state index in [2.05, 4.69) is 45.2 Å². The second kappa shape index (κ2) is 10.7. The number of hydrogen-bond acceptors (Lipinski definition) is 6. The van der Waals surface area contributed by atoms with E-state index in [9.17, 15) is 9.59 Å². The van der Waals surface area contributed by atoms with Crippen LogP contribution in [0.2, 0.25) is 0 Å². The van der Waals surface area contributed by atoms with E-state index in [1.54, 1.807) is 4.68 Å². The van der Waals surface area contributed by atoms with E-state index in [0.717, 1.165) is 31.4 Å². The Kier molecular flexibility index (Phi) is 8.25. The lowest BCUT2D eigenvalue weighted by atomic mass is 10.1. The monoisotopic (exact) mass is 390 g/mol. The van der Waals surface area contributed by atoms with Crippen LogP contribution >= 0.6 is 11.8 Å². The number of imide groups is 1. The van der Waals surface area contributed by atoms with Crippen molar-refractivity contribution in [2.75, 3.05) is 5.75 Å². The van der Waals surface area contributed by atoms with E-state index in [4.69, 9.17) is 0 Å². The van der Waals surface area contributed by atoms with Crippen molar-refractivity contribution in [3.05, 3.63) is 29.8 Å². The number of benzene rings is 1. The van der Waals surface area contributed by atoms with Crippen molar-refractivity contribution in [1.82, 2.24) is 30.8 Å². The van der Waals surface area contributed by atoms with Crippen LogP contribution < -0.4 is 10.6 Å². The van der Waals surface area contributed by atoms with Gasteiger partial charge in [-0.2, -0.15) is 4.68 Å². The number of amides is 3. The first-order valence-electron chi connectivity index (χ1n) is 9.14. The van der Waals surface area contributed by atoms with Crippen LogP contribution in [0.3, 0.4) is 0 Å². The van der Waals surface area contributed by atoms with Crippen molar-refractivity contribution in [2.24, 2.45) is 0 Å². The molecule has 27 heavy (non-hydrogen) atoms. The Morgan fingerprint density at radius 1 is 1.22 bits per heavy atom. The molecule has 0 saturated heterocycles. The maximum absolute atomic E-state index is 11.9. The zero-order valence-corrected chi connectivity index (χ0v) is 16.8. The molecule has 9 heteroatoms. The largest absolute Gasteiger partial charge is 0.335 e. The number of nitrogens with zero attached hydrogens (tertiary/aromatic N) is 4. The molecule has 0 unspecified atom stereocenters. The predicted octanol–water partition coefficient (Wildman–Crippen LogP) is 2.72. The summed E-state index contributed by atoms with van der Waals surface area (Å²) >= 11 is 1.18. The molecule has 0 aliphatic carbocycles. The zero-order valence-electron chi connectivity index (χ0n) is 15.9. The fraction of sp³-hybridized carbons (Fsp3) is 0.500. The molecular formula is C18H26N6O2S. The minimum atomic E-state index is -0.489. The first-order valence-corrected chi connectivity index (χ1v) is 10.1. The molecule has 1 aromatic heterocycles. The van der Waals surface area contributed by atoms with E-state index in [0.29, 0.717) is 5.16 Å². The maximum Gasteiger partial charge on any atom is 0.321 e. The van der Waals surface area contributed by atoms with Gasteiger partial charge in [0.15, 0.2) is 0 Å². The quantitative estimate of drug-likeness (QED) is 0.638. The number of carbonyl (C=O) groups is 2. The van der Waals surface area contributed by atoms with Crippen LogP contribution in [0.1, 0.15) is 45.6 Å². The molecule has 2 N–H and O–H groups in total. The van der Waals surface area contributed by atoms with Gasteiger partial charge in [-0.15, -0.1) is 5.10 Å². The lowest BCUT2D eigenvalue weighted by Crippen LogP contribution is -2.43. The molecule has 8 nitrogen and oxygen atoms in total. The molecule has 2 rings (SSSR count). The van der Waals surface area contributed by atoms with E-state index < -0.39 is 11.9 Å². The van der Waals surface area contributed by atoms with Crippen molar-refractivity contribution in [1.29, 1.82) is 0 Å². The molecule has 146 valence electrons. The van der Waals surface area contributed by atoms with Crippen LogP contribution in [0, 0.1) is 0 Å². The summed E-state index contributed by atoms with van der Waals surface area (Å²) in [7, 11) is 0. The molecule has 0 fully saturated rings. The highest BCUT2D eigenvalue weighted by Gasteiger charge is 2.14. The lowest BCUT2D eigenvalue weighted by Gasteiger charge is -2.11. The summed E-state index contributed by atoms with van der Waals surface area (Å²) in [5, 5.41) is 17.1. The standard InChI is InChI=1S/C18H26N6O2S/c1-4-6-7-14-8-10-15(11-9-14)24-18(21-22-23-24)27-12-16(25)20-17(26)19-13(3)5-2/h8-11,13H,4-7,12H2,1-3H3,(H2,19,20,25,26)/t13-/m0/s1. The molecule has 0 spiro atoms. The Labute approximate surface area is 163 Å². The zero-order chi connectivity index (χ0) is 19.6. The number of aromatic nitrogens is 4. The SMILES string of the molecule is CCCCc1ccc(-n2nnnc2SCC(=O)NC(=O)N[C@@H](C)CC)cc1. The second-order valence-electron chi connectivity index (χ2n) is 6.26. The highest BCUT2D eigenvalue weighted by atomic mass is 32.2. The van der Waals surface area contributed by atoms with Crippen molar-refractivity contribution in [3.8, 4) is 5.69 Å². The van der Waals surface area contributed by atoms with Crippen molar-refractivity contribution >= 4 is 23.7 Å². The topological polar surface area (TPSA) is 102 Å². The molecule has 1 aromatic carbocycles. The van der Waals surface area contributed by atoms with E-state index in [1.807, 2.05) is 26.0 Å². The van der Waals surface area contributed by atoms with E-state index in [-0.39, 0.29) is 11.8 Å². The van der Waals surface area contributed by atoms with Gasteiger partial charge < -0.3 is 5.32 Å². The van der Waals surface area contributed by atoms with Gasteiger partial charge in [-0.3, -0.25) is 10.1 Å². The Bertz CT molecular complexity index is 747. The molecule has 1 heterocycles. The number of carbonyl (C=O) groups excluding carboxylic acids is 2. The molecule has 0 aliphatic heterocycles. The molecule has 0 saturated carbocycles. The van der Waals surface area contributed by atoms with Crippen LogP contribution in [0.15, 0.2) is 29.4 Å². The molecule has 1 atom stereocenters. The van der Waals surface area contributed by atoms with Crippen molar-refractivity contribution < 1.29 is 9.59 Å². The predicted molar refractivity (Wildman–Crippen MR) is 105 cm³/mol. The third-order valence-electron chi connectivity index (χ3n) is 4.02. The number of aryl methyl sites for hydroxylation is 1. The van der Waals surface area contributed by atoms with E-state index >= 15 is 0 Å². The molecule has 0 bridgehead atoms. The molecule has 2 aromatic rings. The summed E-state index contributed by atoms with van der Waals surface area (Å²) in [4.78, 5) is 23.6. The average molecular weight is 391 g/mol. The van der Waals surface area contributed by atoms with Crippen molar-refractivity contribution in [2.45, 2.75) is 57.7 Å². The Balaban J connectivity index is 1.91. The second-order valence-corrected chi connectivity index (χ2v) is 7.21. The highest BCUT2D eigenvalue weighted by molar-refractivity contribution is 7.99. The number of thioether (sulfide) groups is 1. The van der Waals surface area contributed by atoms with Gasteiger partial charge in [0.1, 0.15) is 0 Å². The lowest BCUT2D eigenvalue weighted by molar-refractivity contribution is -0.117. The van der Waals surface area contributed by atoms with Crippen LogP contribution in [-0.2, 0) is 11.2 Å². The summed E-state index contributed by atoms with van der Waals surface area (Å²) in [5.74, 6) is -0.353. The smallest absolute Gasteiger partial charge is 0.321 e. The van der Waals surface area contributed by atoms with Crippen molar-refractivity contribution in [3.63, 3.8) is 0 Å². The van der Waals surface area contributed by atoms with Gasteiger partial charge in [-0.1, -0.05) is 44.2 Å². The summed E-state index contributed by atoms with van der Waals surface area (Å²) in [6, 6.07) is 7.58. The van der Waals surface area contributed by atoms with Gasteiger partial charge in [-0.05, 0) is 54.3 Å². The Morgan fingerprint density at radius 2 is 1.96 bits per heavy atom. The third kappa shape index (κ3) is 6.67. The van der Waals surface area contributed by atoms with Gasteiger partial charge in [-0.25, -0.2) is 4.79 Å². The summed E-state index contributed by atoms with van der Waals surface area (Å²) in [5.41, 5.74) is 2.10. The molecule has 3 amide bonds. The van der Waals surface area contributed by atoms with E-state index in [1.165, 1.54) is 17.3 Å². The van der Waals surface area contributed by atoms with Crippen LogP contribution in [0.5, 0.6) is 0 Å². The van der Waals surface area contributed by atoms with Gasteiger partial charge in [0.05, 0.1) is 11.4 Å². The van der Waals surface area contributed by atoms with Crippen LogP contribution in [-0.4, -0.2) is 43.9 Å². The number of tetrazole rings is 1. The summed E-state index contributed by atoms with van der Waals surface area (Å²) in [6.45, 7) is 6.00. The molecule has 0 radical (unpaired) electrons. The average Bonchev–Trinajstić information content (AvgIpc) is 3.13. The maximum atomic E-state index is 11.9. The number of nitrogens with one attached hydrogen (secondary N) is 2. The normalized spacial score (nSPS) is 11.8. The van der Waals surface area contributed by atoms with Gasteiger partial charge in [0.25, 0.3) is 0 Å². The fourth-order valence-electron chi connectivity index (χ4n) is 2.27. The van der Waals surface area contributed by atoms with Crippen LogP contribution in [0.25, 0.3) is 5.69 Å². The summed E-state index contributed by atoms with van der Waals surface area (Å²) < 4.78 is 1.58. The first-order chi connectivity index (χ1) is 13.0. The Hall–Kier alpha value is -2.42. The number of urea groups is 1. The molecular weight excluding hydrogens is 364 g/mol. The first kappa shape index (κ1) is 20.9. The minimum absolute atomic E-state index is 0.0121. The highest BCUT2D eigenvalue weighted by Crippen LogP contribution is 2.18. The molecule has 0 aliphatic rings. The fourth-order valence-corrected chi connectivity index (χ4v) is 2.96.